The van der Waals surface area contributed by atoms with Crippen LogP contribution in [0.15, 0.2) is 18.2 Å². The van der Waals surface area contributed by atoms with E-state index in [0.29, 0.717) is 18.8 Å². The van der Waals surface area contributed by atoms with Crippen LogP contribution in [0.25, 0.3) is 10.9 Å². The highest BCUT2D eigenvalue weighted by Gasteiger charge is 2.30. The predicted octanol–water partition coefficient (Wildman–Crippen LogP) is 1.55. The number of aromatic nitrogens is 2. The summed E-state index contributed by atoms with van der Waals surface area (Å²) in [4.78, 5) is 23.4. The average Bonchev–Trinajstić information content (AvgIpc) is 2.99. The summed E-state index contributed by atoms with van der Waals surface area (Å²) < 4.78 is 0. The third-order valence-electron chi connectivity index (χ3n) is 5.01. The molecule has 0 bridgehead atoms. The van der Waals surface area contributed by atoms with Crippen LogP contribution in [0.5, 0.6) is 0 Å². The van der Waals surface area contributed by atoms with E-state index in [0.717, 1.165) is 42.5 Å². The summed E-state index contributed by atoms with van der Waals surface area (Å²) >= 11 is 0. The molecule has 1 aromatic heterocycles. The van der Waals surface area contributed by atoms with E-state index in [-0.39, 0.29) is 17.7 Å². The Balaban J connectivity index is 1.65. The van der Waals surface area contributed by atoms with Crippen molar-refractivity contribution in [3.05, 3.63) is 29.5 Å². The maximum absolute atomic E-state index is 12.1. The molecule has 120 valence electrons. The molecule has 2 aliphatic heterocycles. The number of carbonyl (C=O) groups is 2. The molecular formula is C17H20N4O2. The lowest BCUT2D eigenvalue weighted by atomic mass is 9.88. The van der Waals surface area contributed by atoms with Crippen molar-refractivity contribution in [1.82, 2.24) is 20.8 Å². The zero-order valence-corrected chi connectivity index (χ0v) is 12.9. The number of nitrogens with one attached hydrogen (secondary N) is 3. The first-order valence-corrected chi connectivity index (χ1v) is 8.24. The number of benzene rings is 1. The minimum atomic E-state index is -0.317. The topological polar surface area (TPSA) is 86.9 Å². The van der Waals surface area contributed by atoms with Gasteiger partial charge in [0.25, 0.3) is 0 Å². The first-order valence-electron chi connectivity index (χ1n) is 8.24. The molecule has 0 spiro atoms. The molecule has 3 N–H and O–H groups in total. The number of amides is 2. The smallest absolute Gasteiger partial charge is 0.235 e. The molecule has 0 radical (unpaired) electrons. The molecule has 3 heterocycles. The van der Waals surface area contributed by atoms with Crippen LogP contribution in [0, 0.1) is 0 Å². The molecule has 2 aliphatic rings. The molecule has 0 aliphatic carbocycles. The molecular weight excluding hydrogens is 292 g/mol. The molecule has 0 saturated carbocycles. The van der Waals surface area contributed by atoms with E-state index >= 15 is 0 Å². The van der Waals surface area contributed by atoms with Crippen molar-refractivity contribution in [2.45, 2.75) is 37.5 Å². The molecule has 6 heteroatoms. The lowest BCUT2D eigenvalue weighted by molar-refractivity contribution is -0.134. The third kappa shape index (κ3) is 2.63. The van der Waals surface area contributed by atoms with E-state index in [4.69, 9.17) is 0 Å². The van der Waals surface area contributed by atoms with Crippen molar-refractivity contribution in [2.75, 3.05) is 13.1 Å². The Kier molecular flexibility index (Phi) is 3.61. The molecule has 6 nitrogen and oxygen atoms in total. The number of hydrogen-bond acceptors (Lipinski definition) is 4. The van der Waals surface area contributed by atoms with Crippen molar-refractivity contribution >= 4 is 22.7 Å². The number of hydrogen-bond donors (Lipinski definition) is 3. The third-order valence-corrected chi connectivity index (χ3v) is 5.01. The summed E-state index contributed by atoms with van der Waals surface area (Å²) in [6.07, 6.45) is 3.22. The second-order valence-corrected chi connectivity index (χ2v) is 6.44. The summed E-state index contributed by atoms with van der Waals surface area (Å²) in [6.45, 7) is 2.12. The first-order chi connectivity index (χ1) is 11.2. The fourth-order valence-electron chi connectivity index (χ4n) is 3.69. The minimum absolute atomic E-state index is 0.191. The molecule has 2 fully saturated rings. The van der Waals surface area contributed by atoms with Gasteiger partial charge in [0.05, 0.1) is 17.1 Å². The van der Waals surface area contributed by atoms with E-state index in [1.54, 1.807) is 0 Å². The number of carbonyl (C=O) groups excluding carboxylic acids is 2. The Bertz CT molecular complexity index is 761. The first kappa shape index (κ1) is 14.4. The van der Waals surface area contributed by atoms with Gasteiger partial charge in [0.2, 0.25) is 11.8 Å². The number of nitrogens with zero attached hydrogens (tertiary/aromatic N) is 1. The molecule has 2 aromatic rings. The van der Waals surface area contributed by atoms with Crippen molar-refractivity contribution in [3.63, 3.8) is 0 Å². The minimum Gasteiger partial charge on any atom is -0.317 e. The van der Waals surface area contributed by atoms with E-state index in [9.17, 15) is 9.59 Å². The van der Waals surface area contributed by atoms with E-state index in [1.165, 1.54) is 5.56 Å². The Labute approximate surface area is 134 Å². The summed E-state index contributed by atoms with van der Waals surface area (Å²) in [5.41, 5.74) is 3.04. The average molecular weight is 312 g/mol. The van der Waals surface area contributed by atoms with Crippen LogP contribution < -0.4 is 10.6 Å². The fourth-order valence-corrected chi connectivity index (χ4v) is 3.69. The van der Waals surface area contributed by atoms with Gasteiger partial charge in [0.1, 0.15) is 0 Å². The van der Waals surface area contributed by atoms with Gasteiger partial charge < -0.3 is 5.32 Å². The van der Waals surface area contributed by atoms with Gasteiger partial charge in [0, 0.05) is 11.8 Å². The van der Waals surface area contributed by atoms with Gasteiger partial charge in [-0.1, -0.05) is 12.1 Å². The number of fused-ring (bicyclic) bond motifs is 1. The van der Waals surface area contributed by atoms with Crippen LogP contribution in [0.4, 0.5) is 0 Å². The number of aromatic amines is 1. The Morgan fingerprint density at radius 1 is 1.09 bits per heavy atom. The normalized spacial score (nSPS) is 23.2. The largest absolute Gasteiger partial charge is 0.317 e. The highest BCUT2D eigenvalue weighted by atomic mass is 16.2. The van der Waals surface area contributed by atoms with Crippen LogP contribution >= 0.6 is 0 Å². The summed E-state index contributed by atoms with van der Waals surface area (Å²) in [6, 6.07) is 6.36. The lowest BCUT2D eigenvalue weighted by Crippen LogP contribution is -2.39. The molecule has 2 amide bonds. The number of imide groups is 1. The van der Waals surface area contributed by atoms with Crippen molar-refractivity contribution in [1.29, 1.82) is 0 Å². The van der Waals surface area contributed by atoms with Gasteiger partial charge >= 0.3 is 0 Å². The van der Waals surface area contributed by atoms with Crippen molar-refractivity contribution < 1.29 is 9.59 Å². The molecule has 1 aromatic carbocycles. The maximum atomic E-state index is 12.1. The summed E-state index contributed by atoms with van der Waals surface area (Å²) in [7, 11) is 0. The van der Waals surface area contributed by atoms with Crippen molar-refractivity contribution in [3.8, 4) is 0 Å². The number of H-pyrrole nitrogens is 1. The van der Waals surface area contributed by atoms with Crippen LogP contribution in [0.2, 0.25) is 0 Å². The summed E-state index contributed by atoms with van der Waals surface area (Å²) in [5.74, 6) is -0.156. The zero-order valence-electron chi connectivity index (χ0n) is 12.9. The van der Waals surface area contributed by atoms with Crippen LogP contribution in [-0.2, 0) is 9.59 Å². The quantitative estimate of drug-likeness (QED) is 0.734. The molecule has 1 unspecified atom stereocenters. The van der Waals surface area contributed by atoms with Gasteiger partial charge in [-0.3, -0.25) is 20.0 Å². The van der Waals surface area contributed by atoms with Gasteiger partial charge in [0.15, 0.2) is 0 Å². The highest BCUT2D eigenvalue weighted by molar-refractivity contribution is 6.02. The summed E-state index contributed by atoms with van der Waals surface area (Å²) in [5, 5.41) is 14.2. The Hall–Kier alpha value is -2.21. The van der Waals surface area contributed by atoms with E-state index < -0.39 is 0 Å². The maximum Gasteiger partial charge on any atom is 0.235 e. The molecule has 1 atom stereocenters. The Morgan fingerprint density at radius 3 is 2.70 bits per heavy atom. The highest BCUT2D eigenvalue weighted by Crippen LogP contribution is 2.32. The second kappa shape index (κ2) is 5.77. The number of rotatable bonds is 2. The van der Waals surface area contributed by atoms with Crippen LogP contribution in [0.3, 0.4) is 0 Å². The van der Waals surface area contributed by atoms with Gasteiger partial charge in [-0.15, -0.1) is 0 Å². The van der Waals surface area contributed by atoms with Crippen molar-refractivity contribution in [2.24, 2.45) is 0 Å². The standard InChI is InChI=1S/C17H20N4O2/c22-15-4-3-13(17(23)19-15)16-12-2-1-11(9-14(12)20-21-16)10-5-7-18-8-6-10/h1-2,9-10,13,18H,3-8H2,(H,20,21)(H,19,22,23). The van der Waals surface area contributed by atoms with Crippen LogP contribution in [-0.4, -0.2) is 35.1 Å². The van der Waals surface area contributed by atoms with Gasteiger partial charge in [-0.25, -0.2) is 0 Å². The lowest BCUT2D eigenvalue weighted by Gasteiger charge is -2.23. The fraction of sp³-hybridized carbons (Fsp3) is 0.471. The van der Waals surface area contributed by atoms with E-state index in [1.807, 2.05) is 0 Å². The van der Waals surface area contributed by atoms with Gasteiger partial charge in [-0.05, 0) is 49.9 Å². The number of piperidine rings is 2. The van der Waals surface area contributed by atoms with E-state index in [2.05, 4.69) is 39.0 Å². The van der Waals surface area contributed by atoms with Gasteiger partial charge in [-0.2, -0.15) is 5.10 Å². The Morgan fingerprint density at radius 2 is 1.91 bits per heavy atom. The zero-order chi connectivity index (χ0) is 15.8. The second-order valence-electron chi connectivity index (χ2n) is 6.44. The molecule has 2 saturated heterocycles. The predicted molar refractivity (Wildman–Crippen MR) is 86.1 cm³/mol. The van der Waals surface area contributed by atoms with Crippen LogP contribution in [0.1, 0.15) is 48.8 Å². The monoisotopic (exact) mass is 312 g/mol. The SMILES string of the molecule is O=C1CCC(c2[nH]nc3cc(C4CCNCC4)ccc23)C(=O)N1. The molecule has 23 heavy (non-hydrogen) atoms. The molecule has 4 rings (SSSR count).